The molecule has 0 aliphatic carbocycles. The molecule has 0 saturated heterocycles. The molecule has 52 valence electrons. The zero-order valence-electron chi connectivity index (χ0n) is 6.30. The van der Waals surface area contributed by atoms with E-state index in [1.807, 2.05) is 0 Å². The van der Waals surface area contributed by atoms with Crippen molar-refractivity contribution >= 4 is 0 Å². The van der Waals surface area contributed by atoms with E-state index in [0.29, 0.717) is 0 Å². The molecular formula is C8H15N. The van der Waals surface area contributed by atoms with Crippen LogP contribution in [-0.4, -0.2) is 24.0 Å². The zero-order chi connectivity index (χ0) is 6.69. The van der Waals surface area contributed by atoms with Crippen molar-refractivity contribution in [2.45, 2.75) is 26.3 Å². The first-order valence-electron chi connectivity index (χ1n) is 3.73. The third-order valence-electron chi connectivity index (χ3n) is 2.01. The molecule has 0 saturated carbocycles. The Morgan fingerprint density at radius 2 is 2.33 bits per heavy atom. The summed E-state index contributed by atoms with van der Waals surface area (Å²) >= 11 is 0. The predicted octanol–water partition coefficient (Wildman–Crippen LogP) is 1.66. The Bertz CT molecular complexity index is 107. The average molecular weight is 125 g/mol. The lowest BCUT2D eigenvalue weighted by atomic mass is 10.1. The molecule has 1 atom stereocenters. The van der Waals surface area contributed by atoms with Gasteiger partial charge in [-0.3, -0.25) is 4.90 Å². The molecule has 0 spiro atoms. The highest BCUT2D eigenvalue weighted by Gasteiger charge is 2.10. The van der Waals surface area contributed by atoms with E-state index >= 15 is 0 Å². The van der Waals surface area contributed by atoms with Crippen molar-refractivity contribution in [2.75, 3.05) is 13.1 Å². The van der Waals surface area contributed by atoms with Crippen LogP contribution in [0.15, 0.2) is 12.2 Å². The highest BCUT2D eigenvalue weighted by atomic mass is 15.1. The maximum absolute atomic E-state index is 2.47. The molecule has 1 nitrogen and oxygen atoms in total. The van der Waals surface area contributed by atoms with Gasteiger partial charge in [-0.15, -0.1) is 0 Å². The number of nitrogens with zero attached hydrogens (tertiary/aromatic N) is 1. The summed E-state index contributed by atoms with van der Waals surface area (Å²) < 4.78 is 0. The van der Waals surface area contributed by atoms with Gasteiger partial charge in [-0.05, 0) is 19.9 Å². The van der Waals surface area contributed by atoms with Crippen molar-refractivity contribution in [2.24, 2.45) is 0 Å². The minimum atomic E-state index is 0.764. The minimum absolute atomic E-state index is 0.764. The molecule has 1 heterocycles. The highest BCUT2D eigenvalue weighted by molar-refractivity contribution is 4.94. The molecule has 0 radical (unpaired) electrons. The van der Waals surface area contributed by atoms with Crippen molar-refractivity contribution in [3.63, 3.8) is 0 Å². The Morgan fingerprint density at radius 3 is 2.78 bits per heavy atom. The van der Waals surface area contributed by atoms with Crippen LogP contribution in [0.4, 0.5) is 0 Å². The van der Waals surface area contributed by atoms with Gasteiger partial charge in [0, 0.05) is 12.6 Å². The second-order valence-electron chi connectivity index (χ2n) is 2.64. The fourth-order valence-corrected chi connectivity index (χ4v) is 1.27. The van der Waals surface area contributed by atoms with E-state index in [-0.39, 0.29) is 0 Å². The van der Waals surface area contributed by atoms with Gasteiger partial charge in [-0.2, -0.15) is 0 Å². The summed E-state index contributed by atoms with van der Waals surface area (Å²) in [4.78, 5) is 2.47. The van der Waals surface area contributed by atoms with E-state index < -0.39 is 0 Å². The van der Waals surface area contributed by atoms with Gasteiger partial charge in [0.15, 0.2) is 0 Å². The molecule has 1 rings (SSSR count). The van der Waals surface area contributed by atoms with E-state index in [9.17, 15) is 0 Å². The van der Waals surface area contributed by atoms with Crippen LogP contribution < -0.4 is 0 Å². The Hall–Kier alpha value is -0.300. The Morgan fingerprint density at radius 1 is 1.56 bits per heavy atom. The lowest BCUT2D eigenvalue weighted by molar-refractivity contribution is 0.235. The van der Waals surface area contributed by atoms with Gasteiger partial charge in [-0.1, -0.05) is 19.1 Å². The molecule has 1 unspecified atom stereocenters. The maximum atomic E-state index is 2.47. The van der Waals surface area contributed by atoms with Crippen LogP contribution in [0, 0.1) is 0 Å². The van der Waals surface area contributed by atoms with Crippen LogP contribution in [0.25, 0.3) is 0 Å². The van der Waals surface area contributed by atoms with E-state index in [2.05, 4.69) is 30.9 Å². The quantitative estimate of drug-likeness (QED) is 0.482. The van der Waals surface area contributed by atoms with Gasteiger partial charge in [0.2, 0.25) is 0 Å². The molecule has 0 aromatic heterocycles. The van der Waals surface area contributed by atoms with Gasteiger partial charge in [0.1, 0.15) is 0 Å². The van der Waals surface area contributed by atoms with Crippen LogP contribution in [0.5, 0.6) is 0 Å². The topological polar surface area (TPSA) is 3.24 Å². The number of rotatable bonds is 1. The molecule has 1 aliphatic heterocycles. The molecule has 0 aromatic rings. The Balaban J connectivity index is 2.43. The van der Waals surface area contributed by atoms with Crippen LogP contribution in [0.3, 0.4) is 0 Å². The summed E-state index contributed by atoms with van der Waals surface area (Å²) in [5, 5.41) is 0. The van der Waals surface area contributed by atoms with Crippen molar-refractivity contribution < 1.29 is 0 Å². The second kappa shape index (κ2) is 3.02. The molecule has 0 aromatic carbocycles. The predicted molar refractivity (Wildman–Crippen MR) is 40.5 cm³/mol. The van der Waals surface area contributed by atoms with Crippen molar-refractivity contribution in [3.05, 3.63) is 12.2 Å². The fraction of sp³-hybridized carbons (Fsp3) is 0.750. The Labute approximate surface area is 57.4 Å². The SMILES string of the molecule is CCN1CC=CCC1C. The number of likely N-dealkylation sites (N-methyl/N-ethyl adjacent to an activating group) is 1. The molecule has 9 heavy (non-hydrogen) atoms. The molecule has 0 N–H and O–H groups in total. The first-order valence-corrected chi connectivity index (χ1v) is 3.73. The van der Waals surface area contributed by atoms with E-state index in [1.165, 1.54) is 13.0 Å². The maximum Gasteiger partial charge on any atom is 0.0166 e. The van der Waals surface area contributed by atoms with Crippen LogP contribution in [0.1, 0.15) is 20.3 Å². The standard InChI is InChI=1S/C8H15N/c1-3-9-7-5-4-6-8(9)2/h4-5,8H,3,6-7H2,1-2H3. The minimum Gasteiger partial charge on any atom is -0.297 e. The largest absolute Gasteiger partial charge is 0.297 e. The lowest BCUT2D eigenvalue weighted by Crippen LogP contribution is -2.34. The van der Waals surface area contributed by atoms with Crippen molar-refractivity contribution in [3.8, 4) is 0 Å². The summed E-state index contributed by atoms with van der Waals surface area (Å²) in [7, 11) is 0. The fourth-order valence-electron chi connectivity index (χ4n) is 1.27. The van der Waals surface area contributed by atoms with Crippen LogP contribution >= 0.6 is 0 Å². The average Bonchev–Trinajstić information content (AvgIpc) is 1.89. The Kier molecular flexibility index (Phi) is 2.29. The van der Waals surface area contributed by atoms with Crippen molar-refractivity contribution in [1.82, 2.24) is 4.90 Å². The van der Waals surface area contributed by atoms with Gasteiger partial charge < -0.3 is 0 Å². The number of hydrogen-bond acceptors (Lipinski definition) is 1. The summed E-state index contributed by atoms with van der Waals surface area (Å²) in [6.45, 7) is 6.84. The van der Waals surface area contributed by atoms with Crippen LogP contribution in [-0.2, 0) is 0 Å². The summed E-state index contributed by atoms with van der Waals surface area (Å²) in [6, 6.07) is 0.764. The summed E-state index contributed by atoms with van der Waals surface area (Å²) in [5.74, 6) is 0. The van der Waals surface area contributed by atoms with Gasteiger partial charge in [0.25, 0.3) is 0 Å². The van der Waals surface area contributed by atoms with Crippen molar-refractivity contribution in [1.29, 1.82) is 0 Å². The molecule has 0 amide bonds. The lowest BCUT2D eigenvalue weighted by Gasteiger charge is -2.28. The molecule has 1 heteroatoms. The number of hydrogen-bond donors (Lipinski definition) is 0. The molecular weight excluding hydrogens is 110 g/mol. The first-order chi connectivity index (χ1) is 4.34. The zero-order valence-corrected chi connectivity index (χ0v) is 6.30. The normalized spacial score (nSPS) is 28.9. The highest BCUT2D eigenvalue weighted by Crippen LogP contribution is 2.08. The van der Waals surface area contributed by atoms with Gasteiger partial charge >= 0.3 is 0 Å². The third kappa shape index (κ3) is 1.55. The van der Waals surface area contributed by atoms with E-state index in [4.69, 9.17) is 0 Å². The van der Waals surface area contributed by atoms with Crippen LogP contribution in [0.2, 0.25) is 0 Å². The third-order valence-corrected chi connectivity index (χ3v) is 2.01. The first kappa shape index (κ1) is 6.81. The molecule has 0 fully saturated rings. The summed E-state index contributed by atoms with van der Waals surface area (Å²) in [6.07, 6.45) is 5.76. The van der Waals surface area contributed by atoms with E-state index in [1.54, 1.807) is 0 Å². The van der Waals surface area contributed by atoms with Gasteiger partial charge in [0.05, 0.1) is 0 Å². The molecule has 1 aliphatic rings. The monoisotopic (exact) mass is 125 g/mol. The second-order valence-corrected chi connectivity index (χ2v) is 2.64. The summed E-state index contributed by atoms with van der Waals surface area (Å²) in [5.41, 5.74) is 0. The van der Waals surface area contributed by atoms with Gasteiger partial charge in [-0.25, -0.2) is 0 Å². The molecule has 0 bridgehead atoms. The van der Waals surface area contributed by atoms with E-state index in [0.717, 1.165) is 12.6 Å². The smallest absolute Gasteiger partial charge is 0.0166 e.